The number of halogens is 2. The van der Waals surface area contributed by atoms with Gasteiger partial charge in [0.15, 0.2) is 17.4 Å². The molecule has 0 aromatic heterocycles. The lowest BCUT2D eigenvalue weighted by Gasteiger charge is -2.09. The second kappa shape index (κ2) is 5.44. The van der Waals surface area contributed by atoms with Gasteiger partial charge in [-0.2, -0.15) is 0 Å². The van der Waals surface area contributed by atoms with Crippen LogP contribution in [0.3, 0.4) is 0 Å². The van der Waals surface area contributed by atoms with Gasteiger partial charge in [-0.15, -0.1) is 0 Å². The van der Waals surface area contributed by atoms with Crippen molar-refractivity contribution < 1.29 is 23.5 Å². The molecular formula is C16H12F2O3. The average molecular weight is 290 g/mol. The van der Waals surface area contributed by atoms with Crippen LogP contribution in [0.15, 0.2) is 30.3 Å². The Bertz CT molecular complexity index is 751. The second-order valence-electron chi connectivity index (χ2n) is 4.76. The molecule has 0 spiro atoms. The van der Waals surface area contributed by atoms with Crippen molar-refractivity contribution >= 4 is 11.8 Å². The molecule has 0 aliphatic carbocycles. The van der Waals surface area contributed by atoms with E-state index in [1.807, 2.05) is 0 Å². The van der Waals surface area contributed by atoms with Crippen molar-refractivity contribution in [1.29, 1.82) is 0 Å². The molecule has 0 heterocycles. The number of carboxylic acids is 1. The van der Waals surface area contributed by atoms with Crippen molar-refractivity contribution in [1.82, 2.24) is 0 Å². The van der Waals surface area contributed by atoms with E-state index < -0.39 is 29.0 Å². The minimum Gasteiger partial charge on any atom is -0.478 e. The molecule has 0 atom stereocenters. The van der Waals surface area contributed by atoms with Gasteiger partial charge in [-0.3, -0.25) is 4.79 Å². The Morgan fingerprint density at radius 2 is 1.48 bits per heavy atom. The van der Waals surface area contributed by atoms with Crippen molar-refractivity contribution in [3.63, 3.8) is 0 Å². The number of hydrogen-bond donors (Lipinski definition) is 1. The van der Waals surface area contributed by atoms with Gasteiger partial charge in [0.1, 0.15) is 0 Å². The molecule has 108 valence electrons. The van der Waals surface area contributed by atoms with Crippen LogP contribution in [0.4, 0.5) is 8.78 Å². The fourth-order valence-corrected chi connectivity index (χ4v) is 2.04. The first-order chi connectivity index (χ1) is 9.81. The number of aryl methyl sites for hydroxylation is 2. The molecule has 1 N–H and O–H groups in total. The quantitative estimate of drug-likeness (QED) is 0.880. The highest BCUT2D eigenvalue weighted by molar-refractivity contribution is 6.14. The Morgan fingerprint density at radius 3 is 2.05 bits per heavy atom. The average Bonchev–Trinajstić information content (AvgIpc) is 2.43. The fraction of sp³-hybridized carbons (Fsp3) is 0.125. The van der Waals surface area contributed by atoms with E-state index in [2.05, 4.69) is 0 Å². The SMILES string of the molecule is Cc1ccc(C)c(C(=O)c2cc(F)c(F)cc2C(=O)O)c1. The van der Waals surface area contributed by atoms with E-state index in [-0.39, 0.29) is 11.1 Å². The van der Waals surface area contributed by atoms with Gasteiger partial charge in [0, 0.05) is 11.1 Å². The molecule has 0 amide bonds. The topological polar surface area (TPSA) is 54.4 Å². The molecule has 21 heavy (non-hydrogen) atoms. The number of ketones is 1. The summed E-state index contributed by atoms with van der Waals surface area (Å²) in [6, 6.07) is 6.25. The Kier molecular flexibility index (Phi) is 3.84. The molecule has 2 rings (SSSR count). The standard InChI is InChI=1S/C16H12F2O3/c1-8-3-4-9(2)10(5-8)15(19)11-6-13(17)14(18)7-12(11)16(20)21/h3-7H,1-2H3,(H,20,21). The normalized spacial score (nSPS) is 10.5. The van der Waals surface area contributed by atoms with E-state index in [0.717, 1.165) is 5.56 Å². The van der Waals surface area contributed by atoms with Crippen LogP contribution in [0.2, 0.25) is 0 Å². The zero-order valence-electron chi connectivity index (χ0n) is 11.4. The third kappa shape index (κ3) is 2.81. The van der Waals surface area contributed by atoms with Gasteiger partial charge in [-0.25, -0.2) is 13.6 Å². The Balaban J connectivity index is 2.65. The summed E-state index contributed by atoms with van der Waals surface area (Å²) in [5.74, 6) is -4.69. The van der Waals surface area contributed by atoms with Gasteiger partial charge in [0.05, 0.1) is 5.56 Å². The summed E-state index contributed by atoms with van der Waals surface area (Å²) in [6.45, 7) is 3.46. The minimum absolute atomic E-state index is 0.267. The predicted octanol–water partition coefficient (Wildman–Crippen LogP) is 3.51. The summed E-state index contributed by atoms with van der Waals surface area (Å²) in [5, 5.41) is 9.06. The van der Waals surface area contributed by atoms with Gasteiger partial charge < -0.3 is 5.11 Å². The van der Waals surface area contributed by atoms with Crippen LogP contribution in [-0.4, -0.2) is 16.9 Å². The van der Waals surface area contributed by atoms with Gasteiger partial charge in [0.25, 0.3) is 0 Å². The first kappa shape index (κ1) is 14.8. The molecule has 0 aliphatic rings. The second-order valence-corrected chi connectivity index (χ2v) is 4.76. The smallest absolute Gasteiger partial charge is 0.336 e. The van der Waals surface area contributed by atoms with Gasteiger partial charge in [-0.05, 0) is 37.6 Å². The van der Waals surface area contributed by atoms with E-state index in [4.69, 9.17) is 5.11 Å². The molecule has 0 aliphatic heterocycles. The number of aromatic carboxylic acids is 1. The van der Waals surface area contributed by atoms with Crippen LogP contribution >= 0.6 is 0 Å². The molecule has 2 aromatic rings. The number of carbonyl (C=O) groups excluding carboxylic acids is 1. The zero-order chi connectivity index (χ0) is 15.7. The van der Waals surface area contributed by atoms with E-state index in [1.165, 1.54) is 0 Å². The van der Waals surface area contributed by atoms with Crippen molar-refractivity contribution in [2.24, 2.45) is 0 Å². The lowest BCUT2D eigenvalue weighted by atomic mass is 9.94. The zero-order valence-corrected chi connectivity index (χ0v) is 11.4. The summed E-state index contributed by atoms with van der Waals surface area (Å²) in [6.07, 6.45) is 0. The number of carbonyl (C=O) groups is 2. The third-order valence-corrected chi connectivity index (χ3v) is 3.17. The summed E-state index contributed by atoms with van der Waals surface area (Å²) in [4.78, 5) is 23.6. The molecule has 0 unspecified atom stereocenters. The molecular weight excluding hydrogens is 278 g/mol. The van der Waals surface area contributed by atoms with Crippen molar-refractivity contribution in [2.75, 3.05) is 0 Å². The minimum atomic E-state index is -1.48. The van der Waals surface area contributed by atoms with Gasteiger partial charge in [-0.1, -0.05) is 17.7 Å². The van der Waals surface area contributed by atoms with Crippen molar-refractivity contribution in [3.05, 3.63) is 69.8 Å². The number of hydrogen-bond acceptors (Lipinski definition) is 2. The van der Waals surface area contributed by atoms with Crippen molar-refractivity contribution in [3.8, 4) is 0 Å². The van der Waals surface area contributed by atoms with Crippen LogP contribution in [0.25, 0.3) is 0 Å². The molecule has 2 aromatic carbocycles. The lowest BCUT2D eigenvalue weighted by Crippen LogP contribution is -2.12. The maximum Gasteiger partial charge on any atom is 0.336 e. The lowest BCUT2D eigenvalue weighted by molar-refractivity contribution is 0.0692. The Hall–Kier alpha value is -2.56. The summed E-state index contributed by atoms with van der Waals surface area (Å²) < 4.78 is 26.5. The summed E-state index contributed by atoms with van der Waals surface area (Å²) >= 11 is 0. The maximum absolute atomic E-state index is 13.4. The predicted molar refractivity (Wildman–Crippen MR) is 72.7 cm³/mol. The molecule has 0 saturated heterocycles. The highest BCUT2D eigenvalue weighted by Crippen LogP contribution is 2.21. The van der Waals surface area contributed by atoms with Crippen LogP contribution in [0, 0.1) is 25.5 Å². The number of carboxylic acid groups (broad SMARTS) is 1. The largest absolute Gasteiger partial charge is 0.478 e. The molecule has 0 saturated carbocycles. The van der Waals surface area contributed by atoms with E-state index in [1.54, 1.807) is 32.0 Å². The van der Waals surface area contributed by atoms with Crippen LogP contribution in [0.1, 0.15) is 37.4 Å². The molecule has 0 radical (unpaired) electrons. The van der Waals surface area contributed by atoms with Crippen LogP contribution in [0.5, 0.6) is 0 Å². The summed E-state index contributed by atoms with van der Waals surface area (Å²) in [7, 11) is 0. The van der Waals surface area contributed by atoms with Crippen LogP contribution < -0.4 is 0 Å². The van der Waals surface area contributed by atoms with E-state index >= 15 is 0 Å². The highest BCUT2D eigenvalue weighted by Gasteiger charge is 2.22. The first-order valence-corrected chi connectivity index (χ1v) is 6.15. The number of benzene rings is 2. The number of rotatable bonds is 3. The molecule has 0 bridgehead atoms. The van der Waals surface area contributed by atoms with E-state index in [0.29, 0.717) is 17.7 Å². The molecule has 0 fully saturated rings. The fourth-order valence-electron chi connectivity index (χ4n) is 2.04. The highest BCUT2D eigenvalue weighted by atomic mass is 19.2. The van der Waals surface area contributed by atoms with Gasteiger partial charge >= 0.3 is 5.97 Å². The third-order valence-electron chi connectivity index (χ3n) is 3.17. The Morgan fingerprint density at radius 1 is 0.905 bits per heavy atom. The monoisotopic (exact) mass is 290 g/mol. The van der Waals surface area contributed by atoms with E-state index in [9.17, 15) is 18.4 Å². The maximum atomic E-state index is 13.4. The van der Waals surface area contributed by atoms with Gasteiger partial charge in [0.2, 0.25) is 0 Å². The van der Waals surface area contributed by atoms with Crippen LogP contribution in [-0.2, 0) is 0 Å². The Labute approximate surface area is 119 Å². The first-order valence-electron chi connectivity index (χ1n) is 6.15. The molecule has 5 heteroatoms. The molecule has 3 nitrogen and oxygen atoms in total. The summed E-state index contributed by atoms with van der Waals surface area (Å²) in [5.41, 5.74) is 0.786. The van der Waals surface area contributed by atoms with Crippen molar-refractivity contribution in [2.45, 2.75) is 13.8 Å².